The summed E-state index contributed by atoms with van der Waals surface area (Å²) in [7, 11) is 0. The van der Waals surface area contributed by atoms with Gasteiger partial charge in [0.25, 0.3) is 0 Å². The lowest BCUT2D eigenvalue weighted by molar-refractivity contribution is 0.736. The lowest BCUT2D eigenvalue weighted by Gasteiger charge is -1.79. The Morgan fingerprint density at radius 3 is 0.545 bits per heavy atom. The fourth-order valence-electron chi connectivity index (χ4n) is 0. The van der Waals surface area contributed by atoms with Crippen LogP contribution in [0.15, 0.2) is 0 Å². The predicted molar refractivity (Wildman–Crippen MR) is 57.4 cm³/mol. The van der Waals surface area contributed by atoms with Crippen LogP contribution in [0.25, 0.3) is 0 Å². The van der Waals surface area contributed by atoms with Crippen molar-refractivity contribution >= 4 is 11.0 Å². The molecule has 3 heteroatoms. The molecule has 0 fully saturated rings. The normalized spacial score (nSPS) is 6.55. The quantitative estimate of drug-likeness (QED) is 0.511. The molecule has 0 saturated carbocycles. The van der Waals surface area contributed by atoms with Crippen molar-refractivity contribution in [2.45, 2.75) is 41.5 Å². The first kappa shape index (κ1) is 30.5. The van der Waals surface area contributed by atoms with Gasteiger partial charge in [-0.1, -0.05) is 41.5 Å². The molecule has 0 saturated heterocycles. The van der Waals surface area contributed by atoms with E-state index in [1.807, 2.05) is 0 Å². The molecule has 0 N–H and O–H groups in total. The molecule has 0 radical (unpaired) electrons. The average Bonchev–Trinajstić information content (AvgIpc) is 1.25. The third-order valence-electron chi connectivity index (χ3n) is 0. The van der Waals surface area contributed by atoms with E-state index < -0.39 is 0 Å². The highest BCUT2D eigenvalue weighted by molar-refractivity contribution is 5.75. The first-order chi connectivity index (χ1) is 3.46. The van der Waals surface area contributed by atoms with Gasteiger partial charge in [-0.15, -0.1) is 0 Å². The summed E-state index contributed by atoms with van der Waals surface area (Å²) in [5, 5.41) is 0. The molecule has 0 nitrogen and oxygen atoms in total. The van der Waals surface area contributed by atoms with E-state index in [2.05, 4.69) is 41.5 Å². The standard InChI is InChI=1S/2C4H10.2FH.H4Si/c2*1-4(2)3;;;/h2*4H,1-3H3;2*1H;1H4. The molecule has 0 bridgehead atoms. The maximum absolute atomic E-state index is 2.17. The number of hydrogen-bond acceptors (Lipinski definition) is 0. The van der Waals surface area contributed by atoms with Crippen molar-refractivity contribution in [3.8, 4) is 0 Å². The molecule has 0 rings (SSSR count). The van der Waals surface area contributed by atoms with E-state index in [1.54, 1.807) is 0 Å². The summed E-state index contributed by atoms with van der Waals surface area (Å²) in [5.41, 5.74) is 0. The Labute approximate surface area is 74.5 Å². The fraction of sp³-hybridized carbons (Fsp3) is 1.00. The van der Waals surface area contributed by atoms with Crippen LogP contribution in [-0.4, -0.2) is 11.0 Å². The summed E-state index contributed by atoms with van der Waals surface area (Å²) in [6.45, 7) is 13.0. The largest absolute Gasteiger partial charge is 0.269 e. The van der Waals surface area contributed by atoms with Gasteiger partial charge in [-0.25, -0.2) is 0 Å². The molecule has 11 heavy (non-hydrogen) atoms. The van der Waals surface area contributed by atoms with Gasteiger partial charge in [-0.3, -0.25) is 9.41 Å². The SMILES string of the molecule is CC(C)C.CC(C)C.F.F.[SiH4]. The lowest BCUT2D eigenvalue weighted by atomic mass is 10.3. The molecule has 0 aliphatic heterocycles. The van der Waals surface area contributed by atoms with Crippen LogP contribution in [0.5, 0.6) is 0 Å². The van der Waals surface area contributed by atoms with Crippen LogP contribution in [0.1, 0.15) is 41.5 Å². The summed E-state index contributed by atoms with van der Waals surface area (Å²) in [4.78, 5) is 0. The summed E-state index contributed by atoms with van der Waals surface area (Å²) >= 11 is 0. The van der Waals surface area contributed by atoms with Crippen molar-refractivity contribution in [3.63, 3.8) is 0 Å². The zero-order chi connectivity index (χ0) is 7.15. The number of halogens is 2. The number of hydrogen-bond donors (Lipinski definition) is 0. The van der Waals surface area contributed by atoms with E-state index in [4.69, 9.17) is 0 Å². The van der Waals surface area contributed by atoms with Crippen LogP contribution >= 0.6 is 0 Å². The minimum absolute atomic E-state index is 0. The van der Waals surface area contributed by atoms with E-state index >= 15 is 0 Å². The van der Waals surface area contributed by atoms with Gasteiger partial charge >= 0.3 is 0 Å². The van der Waals surface area contributed by atoms with Crippen molar-refractivity contribution < 1.29 is 9.41 Å². The Kier molecular flexibility index (Phi) is 62.3. The molecule has 0 aromatic carbocycles. The zero-order valence-corrected chi connectivity index (χ0v) is 7.97. The Morgan fingerprint density at radius 2 is 0.545 bits per heavy atom. The van der Waals surface area contributed by atoms with Crippen LogP contribution in [0, 0.1) is 11.8 Å². The second-order valence-electron chi connectivity index (χ2n) is 3.46. The third kappa shape index (κ3) is 111000. The highest BCUT2D eigenvalue weighted by atomic mass is 28.1. The highest BCUT2D eigenvalue weighted by Gasteiger charge is 1.68. The molecule has 0 amide bonds. The van der Waals surface area contributed by atoms with Gasteiger partial charge in [-0.05, 0) is 22.8 Å². The van der Waals surface area contributed by atoms with E-state index in [0.717, 1.165) is 11.8 Å². The molecule has 0 heterocycles. The van der Waals surface area contributed by atoms with Crippen LogP contribution in [-0.2, 0) is 0 Å². The monoisotopic (exact) mass is 188 g/mol. The van der Waals surface area contributed by atoms with Gasteiger partial charge in [0.2, 0.25) is 0 Å². The maximum Gasteiger partial charge on any atom is -0.0149 e. The molecule has 0 aliphatic rings. The molecule has 0 unspecified atom stereocenters. The van der Waals surface area contributed by atoms with Gasteiger partial charge < -0.3 is 0 Å². The smallest absolute Gasteiger partial charge is 0.0149 e. The Morgan fingerprint density at radius 1 is 0.545 bits per heavy atom. The molecule has 0 spiro atoms. The fourth-order valence-corrected chi connectivity index (χ4v) is 0. The molecule has 76 valence electrons. The minimum atomic E-state index is 0. The second kappa shape index (κ2) is 22.5. The van der Waals surface area contributed by atoms with E-state index in [1.165, 1.54) is 0 Å². The maximum atomic E-state index is 2.17. The first-order valence-electron chi connectivity index (χ1n) is 3.46. The van der Waals surface area contributed by atoms with Crippen molar-refractivity contribution in [2.75, 3.05) is 0 Å². The van der Waals surface area contributed by atoms with Crippen LogP contribution in [0.4, 0.5) is 9.41 Å². The van der Waals surface area contributed by atoms with Crippen LogP contribution in [0.3, 0.4) is 0 Å². The van der Waals surface area contributed by atoms with Gasteiger partial charge in [0.15, 0.2) is 0 Å². The van der Waals surface area contributed by atoms with Gasteiger partial charge in [0, 0.05) is 0 Å². The van der Waals surface area contributed by atoms with E-state index in [-0.39, 0.29) is 20.4 Å². The second-order valence-corrected chi connectivity index (χ2v) is 3.46. The Balaban J connectivity index is -0.0000000171. The van der Waals surface area contributed by atoms with E-state index in [0.29, 0.717) is 0 Å². The molecule has 0 aliphatic carbocycles. The molecular weight excluding hydrogens is 162 g/mol. The average molecular weight is 188 g/mol. The molecular formula is C8H26F2Si. The number of rotatable bonds is 0. The topological polar surface area (TPSA) is 0 Å². The van der Waals surface area contributed by atoms with Crippen molar-refractivity contribution in [2.24, 2.45) is 11.8 Å². The van der Waals surface area contributed by atoms with Gasteiger partial charge in [0.1, 0.15) is 0 Å². The predicted octanol–water partition coefficient (Wildman–Crippen LogP) is 2.18. The minimum Gasteiger partial charge on any atom is -0.269 e. The summed E-state index contributed by atoms with van der Waals surface area (Å²) in [6, 6.07) is 0. The van der Waals surface area contributed by atoms with Gasteiger partial charge in [0.05, 0.1) is 0 Å². The Bertz CT molecular complexity index is 27.6. The zero-order valence-electron chi connectivity index (χ0n) is 7.97. The first-order valence-corrected chi connectivity index (χ1v) is 3.46. The lowest BCUT2D eigenvalue weighted by Crippen LogP contribution is -1.66. The van der Waals surface area contributed by atoms with Crippen LogP contribution < -0.4 is 0 Å². The third-order valence-corrected chi connectivity index (χ3v) is 0. The van der Waals surface area contributed by atoms with Crippen LogP contribution in [0.2, 0.25) is 0 Å². The summed E-state index contributed by atoms with van der Waals surface area (Å²) in [6.07, 6.45) is 0. The van der Waals surface area contributed by atoms with Crippen molar-refractivity contribution in [3.05, 3.63) is 0 Å². The highest BCUT2D eigenvalue weighted by Crippen LogP contribution is 1.81. The Hall–Kier alpha value is 0.0769. The molecule has 0 aromatic heterocycles. The van der Waals surface area contributed by atoms with E-state index in [9.17, 15) is 0 Å². The van der Waals surface area contributed by atoms with Crippen molar-refractivity contribution in [1.29, 1.82) is 0 Å². The van der Waals surface area contributed by atoms with Crippen molar-refractivity contribution in [1.82, 2.24) is 0 Å². The molecule has 0 aromatic rings. The summed E-state index contributed by atoms with van der Waals surface area (Å²) < 4.78 is 0. The van der Waals surface area contributed by atoms with Gasteiger partial charge in [-0.2, -0.15) is 0 Å². The molecule has 0 atom stereocenters. The summed E-state index contributed by atoms with van der Waals surface area (Å²) in [5.74, 6) is 1.67.